The Morgan fingerprint density at radius 3 is 2.63 bits per heavy atom. The highest BCUT2D eigenvalue weighted by Gasteiger charge is 2.21. The third-order valence-corrected chi connectivity index (χ3v) is 6.52. The van der Waals surface area contributed by atoms with E-state index in [-0.39, 0.29) is 5.91 Å². The summed E-state index contributed by atoms with van der Waals surface area (Å²) < 4.78 is 10.9. The molecule has 30 heavy (non-hydrogen) atoms. The van der Waals surface area contributed by atoms with Gasteiger partial charge in [-0.05, 0) is 42.7 Å². The van der Waals surface area contributed by atoms with Crippen LogP contribution in [0.5, 0.6) is 5.75 Å². The Balaban J connectivity index is 1.25. The average Bonchev–Trinajstić information content (AvgIpc) is 3.23. The number of para-hydroxylation sites is 2. The van der Waals surface area contributed by atoms with Gasteiger partial charge in [0.25, 0.3) is 5.91 Å². The minimum Gasteiger partial charge on any atom is -0.495 e. The van der Waals surface area contributed by atoms with Crippen LogP contribution in [0.2, 0.25) is 0 Å². The summed E-state index contributed by atoms with van der Waals surface area (Å²) in [6, 6.07) is 16.1. The van der Waals surface area contributed by atoms with E-state index >= 15 is 0 Å². The summed E-state index contributed by atoms with van der Waals surface area (Å²) in [7, 11) is 3.59. The molecule has 7 heteroatoms. The van der Waals surface area contributed by atoms with Crippen LogP contribution in [0.4, 0.5) is 5.69 Å². The summed E-state index contributed by atoms with van der Waals surface area (Å²) in [5, 5.41) is 0.951. The Morgan fingerprint density at radius 2 is 1.83 bits per heavy atom. The number of hydrogen-bond acceptors (Lipinski definition) is 6. The number of methoxy groups -OCH3 is 1. The van der Waals surface area contributed by atoms with Crippen molar-refractivity contribution >= 4 is 33.2 Å². The first-order valence-electron chi connectivity index (χ1n) is 10.4. The molecular weight excluding hydrogens is 396 g/mol. The highest BCUT2D eigenvalue weighted by atomic mass is 32.1. The third-order valence-electron chi connectivity index (χ3n) is 5.69. The molecule has 0 saturated carbocycles. The van der Waals surface area contributed by atoms with Gasteiger partial charge < -0.3 is 14.5 Å². The molecule has 4 rings (SSSR count). The number of fused-ring (bicyclic) bond motifs is 1. The largest absolute Gasteiger partial charge is 0.495 e. The highest BCUT2D eigenvalue weighted by molar-refractivity contribution is 7.13. The minimum absolute atomic E-state index is 0.00782. The van der Waals surface area contributed by atoms with Gasteiger partial charge in [0.15, 0.2) is 0 Å². The predicted octanol–water partition coefficient (Wildman–Crippen LogP) is 3.59. The molecule has 1 saturated heterocycles. The molecule has 1 aliphatic heterocycles. The van der Waals surface area contributed by atoms with Crippen molar-refractivity contribution in [2.24, 2.45) is 0 Å². The van der Waals surface area contributed by atoms with Crippen molar-refractivity contribution in [2.45, 2.75) is 6.42 Å². The topological polar surface area (TPSA) is 48.9 Å². The van der Waals surface area contributed by atoms with Gasteiger partial charge in [-0.3, -0.25) is 9.69 Å². The first-order valence-corrected chi connectivity index (χ1v) is 11.1. The van der Waals surface area contributed by atoms with Crippen LogP contribution in [-0.2, 0) is 0 Å². The number of carbonyl (C=O) groups excluding carboxylic acids is 1. The van der Waals surface area contributed by atoms with E-state index in [1.807, 2.05) is 43.4 Å². The Labute approximate surface area is 181 Å². The highest BCUT2D eigenvalue weighted by Crippen LogP contribution is 2.28. The number of ether oxygens (including phenoxy) is 1. The molecule has 0 N–H and O–H groups in total. The zero-order valence-electron chi connectivity index (χ0n) is 17.6. The summed E-state index contributed by atoms with van der Waals surface area (Å²) in [6.07, 6.45) is 0.957. The van der Waals surface area contributed by atoms with E-state index in [1.165, 1.54) is 17.2 Å². The molecule has 0 unspecified atom stereocenters. The van der Waals surface area contributed by atoms with E-state index in [0.717, 1.165) is 61.5 Å². The SMILES string of the molecule is COc1ccccc1N1CCN(CCCN(C)C(=O)c2nsc3ccccc23)CC1. The summed E-state index contributed by atoms with van der Waals surface area (Å²) in [5.41, 5.74) is 1.74. The van der Waals surface area contributed by atoms with Gasteiger partial charge in [-0.15, -0.1) is 0 Å². The second-order valence-electron chi connectivity index (χ2n) is 7.61. The summed E-state index contributed by atoms with van der Waals surface area (Å²) >= 11 is 1.39. The number of piperazine rings is 1. The summed E-state index contributed by atoms with van der Waals surface area (Å²) in [6.45, 7) is 5.74. The number of nitrogens with zero attached hydrogens (tertiary/aromatic N) is 4. The lowest BCUT2D eigenvalue weighted by atomic mass is 10.2. The lowest BCUT2D eigenvalue weighted by Crippen LogP contribution is -2.47. The lowest BCUT2D eigenvalue weighted by molar-refractivity contribution is 0.0785. The first kappa shape index (κ1) is 20.6. The van der Waals surface area contributed by atoms with Gasteiger partial charge >= 0.3 is 0 Å². The van der Waals surface area contributed by atoms with E-state index in [4.69, 9.17) is 4.74 Å². The second kappa shape index (κ2) is 9.45. The monoisotopic (exact) mass is 424 g/mol. The van der Waals surface area contributed by atoms with Crippen molar-refractivity contribution in [1.82, 2.24) is 14.2 Å². The number of amides is 1. The maximum Gasteiger partial charge on any atom is 0.273 e. The van der Waals surface area contributed by atoms with Gasteiger partial charge in [0.2, 0.25) is 0 Å². The molecule has 0 bridgehead atoms. The van der Waals surface area contributed by atoms with Crippen LogP contribution in [0.1, 0.15) is 16.9 Å². The van der Waals surface area contributed by atoms with Crippen LogP contribution < -0.4 is 9.64 Å². The van der Waals surface area contributed by atoms with E-state index in [9.17, 15) is 4.79 Å². The normalized spacial score (nSPS) is 14.8. The summed E-state index contributed by atoms with van der Waals surface area (Å²) in [4.78, 5) is 19.5. The van der Waals surface area contributed by atoms with Crippen LogP contribution >= 0.6 is 11.5 Å². The quantitative estimate of drug-likeness (QED) is 0.580. The molecule has 1 aliphatic rings. The fourth-order valence-corrected chi connectivity index (χ4v) is 4.73. The molecule has 2 aromatic carbocycles. The van der Waals surface area contributed by atoms with Gasteiger partial charge in [0.1, 0.15) is 11.4 Å². The molecule has 0 atom stereocenters. The van der Waals surface area contributed by atoms with Crippen LogP contribution in [0.15, 0.2) is 48.5 Å². The van der Waals surface area contributed by atoms with Crippen molar-refractivity contribution in [3.63, 3.8) is 0 Å². The molecule has 158 valence electrons. The van der Waals surface area contributed by atoms with Crippen molar-refractivity contribution in [1.29, 1.82) is 0 Å². The van der Waals surface area contributed by atoms with Crippen molar-refractivity contribution < 1.29 is 9.53 Å². The van der Waals surface area contributed by atoms with Crippen molar-refractivity contribution in [3.8, 4) is 5.75 Å². The second-order valence-corrected chi connectivity index (χ2v) is 8.41. The molecule has 6 nitrogen and oxygen atoms in total. The molecule has 1 aromatic heterocycles. The average molecular weight is 425 g/mol. The van der Waals surface area contributed by atoms with Gasteiger partial charge in [0, 0.05) is 45.2 Å². The number of hydrogen-bond donors (Lipinski definition) is 0. The fraction of sp³-hybridized carbons (Fsp3) is 0.391. The molecule has 2 heterocycles. The molecule has 3 aromatic rings. The number of carbonyl (C=O) groups is 1. The van der Waals surface area contributed by atoms with E-state index in [0.29, 0.717) is 5.69 Å². The fourth-order valence-electron chi connectivity index (χ4n) is 3.96. The van der Waals surface area contributed by atoms with E-state index in [2.05, 4.69) is 26.3 Å². The van der Waals surface area contributed by atoms with Gasteiger partial charge in [-0.2, -0.15) is 4.37 Å². The van der Waals surface area contributed by atoms with Crippen molar-refractivity contribution in [2.75, 3.05) is 58.3 Å². The van der Waals surface area contributed by atoms with E-state index < -0.39 is 0 Å². The molecule has 0 radical (unpaired) electrons. The maximum atomic E-state index is 12.8. The minimum atomic E-state index is 0.00782. The first-order chi connectivity index (χ1) is 14.7. The van der Waals surface area contributed by atoms with Gasteiger partial charge in [-0.1, -0.05) is 30.3 Å². The standard InChI is InChI=1S/C23H28N4O2S/c1-25(23(28)22-18-8-3-6-11-21(18)30-24-22)12-7-13-26-14-16-27(17-15-26)19-9-4-5-10-20(19)29-2/h3-6,8-11H,7,12-17H2,1-2H3. The maximum absolute atomic E-state index is 12.8. The predicted molar refractivity (Wildman–Crippen MR) is 123 cm³/mol. The molecule has 0 aliphatic carbocycles. The number of benzene rings is 2. The smallest absolute Gasteiger partial charge is 0.273 e. The lowest BCUT2D eigenvalue weighted by Gasteiger charge is -2.36. The van der Waals surface area contributed by atoms with Crippen LogP contribution in [-0.4, -0.2) is 73.5 Å². The Morgan fingerprint density at radius 1 is 1.10 bits per heavy atom. The van der Waals surface area contributed by atoms with Gasteiger partial charge in [0.05, 0.1) is 17.5 Å². The van der Waals surface area contributed by atoms with Crippen molar-refractivity contribution in [3.05, 3.63) is 54.2 Å². The zero-order chi connectivity index (χ0) is 20.9. The Hall–Kier alpha value is -2.64. The molecule has 1 fully saturated rings. The van der Waals surface area contributed by atoms with Crippen LogP contribution in [0, 0.1) is 0 Å². The Kier molecular flexibility index (Phi) is 6.50. The summed E-state index contributed by atoms with van der Waals surface area (Å²) in [5.74, 6) is 0.939. The zero-order valence-corrected chi connectivity index (χ0v) is 18.4. The van der Waals surface area contributed by atoms with Crippen LogP contribution in [0.3, 0.4) is 0 Å². The van der Waals surface area contributed by atoms with E-state index in [1.54, 1.807) is 12.0 Å². The molecule has 1 amide bonds. The number of rotatable bonds is 7. The number of anilines is 1. The van der Waals surface area contributed by atoms with Crippen LogP contribution in [0.25, 0.3) is 10.1 Å². The Bertz CT molecular complexity index is 998. The molecular formula is C23H28N4O2S. The third kappa shape index (κ3) is 4.42. The van der Waals surface area contributed by atoms with Gasteiger partial charge in [-0.25, -0.2) is 0 Å². The number of aromatic nitrogens is 1. The molecule has 0 spiro atoms.